The van der Waals surface area contributed by atoms with Gasteiger partial charge in [-0.2, -0.15) is 0 Å². The number of aryl methyl sites for hydroxylation is 1. The zero-order valence-electron chi connectivity index (χ0n) is 11.3. The second kappa shape index (κ2) is 5.82. The molecule has 0 radical (unpaired) electrons. The third-order valence-electron chi connectivity index (χ3n) is 2.97. The lowest BCUT2D eigenvalue weighted by Crippen LogP contribution is -2.17. The van der Waals surface area contributed by atoms with Crippen molar-refractivity contribution in [2.75, 3.05) is 27.7 Å². The minimum Gasteiger partial charge on any atom is -0.496 e. The van der Waals surface area contributed by atoms with Gasteiger partial charge in [0.15, 0.2) is 5.78 Å². The van der Waals surface area contributed by atoms with E-state index in [1.54, 1.807) is 7.11 Å². The standard InChI is InChI=1S/C14H21NO2/c1-10-6-7-12(14(17-5)11(10)2)13(16)8-9-15(3)4/h6-7H,8-9H2,1-5H3. The van der Waals surface area contributed by atoms with Crippen molar-refractivity contribution < 1.29 is 9.53 Å². The number of nitrogens with zero attached hydrogens (tertiary/aromatic N) is 1. The van der Waals surface area contributed by atoms with E-state index in [1.807, 2.05) is 45.0 Å². The molecule has 0 unspecified atom stereocenters. The number of benzene rings is 1. The van der Waals surface area contributed by atoms with E-state index < -0.39 is 0 Å². The molecule has 0 saturated carbocycles. The molecule has 0 N–H and O–H groups in total. The minimum atomic E-state index is 0.138. The van der Waals surface area contributed by atoms with Gasteiger partial charge < -0.3 is 9.64 Å². The fraction of sp³-hybridized carbons (Fsp3) is 0.500. The van der Waals surface area contributed by atoms with Gasteiger partial charge in [-0.05, 0) is 45.1 Å². The number of hydrogen-bond acceptors (Lipinski definition) is 3. The van der Waals surface area contributed by atoms with Crippen LogP contribution in [0.4, 0.5) is 0 Å². The molecule has 3 nitrogen and oxygen atoms in total. The summed E-state index contributed by atoms with van der Waals surface area (Å²) in [5, 5.41) is 0. The van der Waals surface area contributed by atoms with Crippen molar-refractivity contribution in [3.05, 3.63) is 28.8 Å². The van der Waals surface area contributed by atoms with E-state index in [0.29, 0.717) is 17.7 Å². The van der Waals surface area contributed by atoms with Gasteiger partial charge in [0.1, 0.15) is 5.75 Å². The van der Waals surface area contributed by atoms with Gasteiger partial charge in [0.25, 0.3) is 0 Å². The van der Waals surface area contributed by atoms with Crippen LogP contribution < -0.4 is 4.74 Å². The number of ether oxygens (including phenoxy) is 1. The van der Waals surface area contributed by atoms with Gasteiger partial charge in [0.2, 0.25) is 0 Å². The number of hydrogen-bond donors (Lipinski definition) is 0. The van der Waals surface area contributed by atoms with E-state index in [-0.39, 0.29) is 5.78 Å². The van der Waals surface area contributed by atoms with Crippen molar-refractivity contribution in [2.24, 2.45) is 0 Å². The fourth-order valence-electron chi connectivity index (χ4n) is 1.73. The van der Waals surface area contributed by atoms with Gasteiger partial charge in [-0.25, -0.2) is 0 Å². The number of methoxy groups -OCH3 is 1. The Bertz CT molecular complexity index is 411. The van der Waals surface area contributed by atoms with Crippen LogP contribution in [0, 0.1) is 13.8 Å². The van der Waals surface area contributed by atoms with E-state index in [2.05, 4.69) is 0 Å². The molecule has 0 heterocycles. The predicted molar refractivity (Wildman–Crippen MR) is 70.0 cm³/mol. The molecule has 1 aromatic carbocycles. The Kier molecular flexibility index (Phi) is 4.70. The highest BCUT2D eigenvalue weighted by molar-refractivity contribution is 5.99. The van der Waals surface area contributed by atoms with E-state index in [9.17, 15) is 4.79 Å². The number of rotatable bonds is 5. The van der Waals surface area contributed by atoms with E-state index in [0.717, 1.165) is 17.7 Å². The fourth-order valence-corrected chi connectivity index (χ4v) is 1.73. The average molecular weight is 235 g/mol. The number of ketones is 1. The molecule has 0 fully saturated rings. The van der Waals surface area contributed by atoms with Crippen LogP contribution in [0.15, 0.2) is 12.1 Å². The summed E-state index contributed by atoms with van der Waals surface area (Å²) in [5.74, 6) is 0.854. The lowest BCUT2D eigenvalue weighted by atomic mass is 10.00. The van der Waals surface area contributed by atoms with Crippen molar-refractivity contribution in [1.82, 2.24) is 4.90 Å². The molecule has 94 valence electrons. The molecule has 0 aliphatic heterocycles. The van der Waals surface area contributed by atoms with Gasteiger partial charge in [-0.3, -0.25) is 4.79 Å². The van der Waals surface area contributed by atoms with Crippen LogP contribution in [0.5, 0.6) is 5.75 Å². The van der Waals surface area contributed by atoms with Crippen LogP contribution >= 0.6 is 0 Å². The van der Waals surface area contributed by atoms with E-state index in [4.69, 9.17) is 4.74 Å². The summed E-state index contributed by atoms with van der Waals surface area (Å²) in [6.45, 7) is 4.76. The molecule has 0 aliphatic carbocycles. The van der Waals surface area contributed by atoms with Crippen molar-refractivity contribution in [3.8, 4) is 5.75 Å². The van der Waals surface area contributed by atoms with Crippen LogP contribution in [-0.4, -0.2) is 38.4 Å². The SMILES string of the molecule is COc1c(C(=O)CCN(C)C)ccc(C)c1C. The topological polar surface area (TPSA) is 29.5 Å². The number of carbonyl (C=O) groups is 1. The molecule has 0 atom stereocenters. The third-order valence-corrected chi connectivity index (χ3v) is 2.97. The quantitative estimate of drug-likeness (QED) is 0.734. The van der Waals surface area contributed by atoms with E-state index >= 15 is 0 Å². The zero-order valence-corrected chi connectivity index (χ0v) is 11.3. The van der Waals surface area contributed by atoms with Crippen molar-refractivity contribution >= 4 is 5.78 Å². The Morgan fingerprint density at radius 2 is 1.94 bits per heavy atom. The summed E-state index contributed by atoms with van der Waals surface area (Å²) in [7, 11) is 5.54. The first-order valence-corrected chi connectivity index (χ1v) is 5.79. The molecule has 0 bridgehead atoms. The first kappa shape index (κ1) is 13.7. The van der Waals surface area contributed by atoms with Gasteiger partial charge in [-0.1, -0.05) is 6.07 Å². The predicted octanol–water partition coefficient (Wildman–Crippen LogP) is 2.45. The maximum atomic E-state index is 12.1. The second-order valence-electron chi connectivity index (χ2n) is 4.56. The summed E-state index contributed by atoms with van der Waals surface area (Å²) in [6.07, 6.45) is 0.520. The van der Waals surface area contributed by atoms with E-state index in [1.165, 1.54) is 0 Å². The van der Waals surface area contributed by atoms with Gasteiger partial charge in [-0.15, -0.1) is 0 Å². The summed E-state index contributed by atoms with van der Waals surface area (Å²) in [5.41, 5.74) is 2.88. The maximum Gasteiger partial charge on any atom is 0.167 e. The summed E-state index contributed by atoms with van der Waals surface area (Å²) < 4.78 is 5.35. The van der Waals surface area contributed by atoms with Crippen LogP contribution in [0.2, 0.25) is 0 Å². The smallest absolute Gasteiger partial charge is 0.167 e. The Morgan fingerprint density at radius 1 is 1.29 bits per heavy atom. The van der Waals surface area contributed by atoms with Crippen LogP contribution in [0.25, 0.3) is 0 Å². The molecule has 3 heteroatoms. The summed E-state index contributed by atoms with van der Waals surface area (Å²) in [6, 6.07) is 3.83. The monoisotopic (exact) mass is 235 g/mol. The highest BCUT2D eigenvalue weighted by Gasteiger charge is 2.15. The Balaban J connectivity index is 2.97. The van der Waals surface area contributed by atoms with Gasteiger partial charge in [0.05, 0.1) is 12.7 Å². The zero-order chi connectivity index (χ0) is 13.0. The van der Waals surface area contributed by atoms with Crippen molar-refractivity contribution in [3.63, 3.8) is 0 Å². The first-order chi connectivity index (χ1) is 7.97. The largest absolute Gasteiger partial charge is 0.496 e. The van der Waals surface area contributed by atoms with Crippen LogP contribution in [0.3, 0.4) is 0 Å². The lowest BCUT2D eigenvalue weighted by Gasteiger charge is -2.14. The molecule has 1 rings (SSSR count). The molecule has 0 spiro atoms. The number of Topliss-reactive ketones (excluding diaryl/α,β-unsaturated/α-hetero) is 1. The van der Waals surface area contributed by atoms with Crippen molar-refractivity contribution in [2.45, 2.75) is 20.3 Å². The Labute approximate surface area is 103 Å². The molecule has 1 aromatic rings. The minimum absolute atomic E-state index is 0.138. The lowest BCUT2D eigenvalue weighted by molar-refractivity contribution is 0.0969. The molecule has 0 amide bonds. The van der Waals surface area contributed by atoms with Gasteiger partial charge >= 0.3 is 0 Å². The van der Waals surface area contributed by atoms with Crippen LogP contribution in [-0.2, 0) is 0 Å². The molecule has 0 aliphatic rings. The summed E-state index contributed by atoms with van der Waals surface area (Å²) >= 11 is 0. The third kappa shape index (κ3) is 3.30. The molecule has 0 saturated heterocycles. The summed E-state index contributed by atoms with van der Waals surface area (Å²) in [4.78, 5) is 14.1. The molecular formula is C14H21NO2. The second-order valence-corrected chi connectivity index (χ2v) is 4.56. The normalized spacial score (nSPS) is 10.7. The Morgan fingerprint density at radius 3 is 2.47 bits per heavy atom. The molecule has 0 aromatic heterocycles. The average Bonchev–Trinajstić information content (AvgIpc) is 2.29. The first-order valence-electron chi connectivity index (χ1n) is 5.79. The Hall–Kier alpha value is -1.35. The molecule has 17 heavy (non-hydrogen) atoms. The highest BCUT2D eigenvalue weighted by Crippen LogP contribution is 2.27. The maximum absolute atomic E-state index is 12.1. The van der Waals surface area contributed by atoms with Gasteiger partial charge in [0, 0.05) is 13.0 Å². The van der Waals surface area contributed by atoms with Crippen molar-refractivity contribution in [1.29, 1.82) is 0 Å². The molecular weight excluding hydrogens is 214 g/mol. The highest BCUT2D eigenvalue weighted by atomic mass is 16.5. The van der Waals surface area contributed by atoms with Crippen LogP contribution in [0.1, 0.15) is 27.9 Å². The number of carbonyl (C=O) groups excluding carboxylic acids is 1.